The molecule has 3 aromatic carbocycles. The highest BCUT2D eigenvalue weighted by atomic mass is 16.3. The molecule has 0 spiro atoms. The number of nitrogens with zero attached hydrogens (tertiary/aromatic N) is 4. The monoisotopic (exact) mass is 870 g/mol. The van der Waals surface area contributed by atoms with Crippen LogP contribution in [0.3, 0.4) is 0 Å². The van der Waals surface area contributed by atoms with Crippen LogP contribution in [0.1, 0.15) is 88.8 Å². The zero-order valence-corrected chi connectivity index (χ0v) is 37.5. The molecule has 3 fully saturated rings. The lowest BCUT2D eigenvalue weighted by Crippen LogP contribution is -2.47. The molecule has 3 amide bonds. The van der Waals surface area contributed by atoms with Crippen LogP contribution in [-0.4, -0.2) is 87.8 Å². The van der Waals surface area contributed by atoms with Crippen molar-refractivity contribution >= 4 is 46.6 Å². The molecule has 7 rings (SSSR count). The van der Waals surface area contributed by atoms with Crippen molar-refractivity contribution in [3.8, 4) is 11.3 Å². The second kappa shape index (κ2) is 20.9. The van der Waals surface area contributed by atoms with Crippen molar-refractivity contribution in [2.45, 2.75) is 96.9 Å². The van der Waals surface area contributed by atoms with E-state index in [4.69, 9.17) is 10.4 Å². The van der Waals surface area contributed by atoms with E-state index in [0.29, 0.717) is 41.9 Å². The highest BCUT2D eigenvalue weighted by molar-refractivity contribution is 6.01. The molecule has 15 heteroatoms. The summed E-state index contributed by atoms with van der Waals surface area (Å²) in [5.41, 5.74) is 7.28. The van der Waals surface area contributed by atoms with Gasteiger partial charge in [0.2, 0.25) is 17.8 Å². The summed E-state index contributed by atoms with van der Waals surface area (Å²) in [6, 6.07) is 24.1. The summed E-state index contributed by atoms with van der Waals surface area (Å²) in [5, 5.41) is 36.0. The molecule has 4 heterocycles. The molecule has 0 saturated carbocycles. The first-order valence-electron chi connectivity index (χ1n) is 22.5. The second-order valence-corrected chi connectivity index (χ2v) is 18.2. The number of imide groups is 1. The lowest BCUT2D eigenvalue weighted by Gasteiger charge is -2.38. The molecule has 1 unspecified atom stereocenters. The lowest BCUT2D eigenvalue weighted by molar-refractivity contribution is -0.133. The second-order valence-electron chi connectivity index (χ2n) is 18.2. The molecule has 338 valence electrons. The zero-order chi connectivity index (χ0) is 45.2. The van der Waals surface area contributed by atoms with Crippen LogP contribution in [0.25, 0.3) is 11.3 Å². The molecular formula is C49H63N11O4. The Kier molecular flexibility index (Phi) is 14.9. The van der Waals surface area contributed by atoms with Gasteiger partial charge in [-0.05, 0) is 150 Å². The number of rotatable bonds is 15. The normalized spacial score (nSPS) is 18.0. The molecular weight excluding hydrogens is 807 g/mol. The largest absolute Gasteiger partial charge is 0.392 e. The van der Waals surface area contributed by atoms with Gasteiger partial charge in [0.15, 0.2) is 0 Å². The molecule has 3 aliphatic rings. The summed E-state index contributed by atoms with van der Waals surface area (Å²) in [7, 11) is 0. The molecule has 4 aromatic rings. The van der Waals surface area contributed by atoms with E-state index in [-0.39, 0.29) is 54.0 Å². The van der Waals surface area contributed by atoms with Gasteiger partial charge >= 0.3 is 0 Å². The molecule has 64 heavy (non-hydrogen) atoms. The van der Waals surface area contributed by atoms with Crippen molar-refractivity contribution in [2.75, 3.05) is 48.3 Å². The first-order valence-corrected chi connectivity index (χ1v) is 22.5. The Hall–Kier alpha value is -6.32. The summed E-state index contributed by atoms with van der Waals surface area (Å²) in [6.07, 6.45) is 8.82. The van der Waals surface area contributed by atoms with Crippen LogP contribution in [0.4, 0.5) is 23.0 Å². The predicted molar refractivity (Wildman–Crippen MR) is 252 cm³/mol. The first-order chi connectivity index (χ1) is 30.8. The lowest BCUT2D eigenvalue weighted by atomic mass is 9.88. The van der Waals surface area contributed by atoms with Crippen molar-refractivity contribution < 1.29 is 19.5 Å². The Labute approximate surface area is 376 Å². The maximum absolute atomic E-state index is 13.0. The van der Waals surface area contributed by atoms with Gasteiger partial charge in [-0.2, -0.15) is 0 Å². The Bertz CT molecular complexity index is 2290. The number of piperidine rings is 3. The maximum atomic E-state index is 13.0. The van der Waals surface area contributed by atoms with E-state index in [2.05, 4.69) is 95.2 Å². The van der Waals surface area contributed by atoms with Crippen molar-refractivity contribution in [2.24, 2.45) is 5.92 Å². The van der Waals surface area contributed by atoms with Gasteiger partial charge in [0, 0.05) is 73.2 Å². The van der Waals surface area contributed by atoms with E-state index in [1.807, 2.05) is 45.0 Å². The highest BCUT2D eigenvalue weighted by Crippen LogP contribution is 2.32. The Balaban J connectivity index is 0.850. The fourth-order valence-corrected chi connectivity index (χ4v) is 8.56. The minimum atomic E-state index is -0.370. The number of aliphatic hydroxyl groups excluding tert-OH is 1. The van der Waals surface area contributed by atoms with Gasteiger partial charge in [-0.1, -0.05) is 24.3 Å². The van der Waals surface area contributed by atoms with Crippen LogP contribution in [0.5, 0.6) is 0 Å². The van der Waals surface area contributed by atoms with Crippen LogP contribution in [-0.2, 0) is 27.5 Å². The third kappa shape index (κ3) is 12.7. The fourth-order valence-electron chi connectivity index (χ4n) is 8.56. The van der Waals surface area contributed by atoms with Crippen molar-refractivity contribution in [1.82, 2.24) is 36.1 Å². The zero-order valence-electron chi connectivity index (χ0n) is 37.5. The Morgan fingerprint density at radius 3 is 2.30 bits per heavy atom. The predicted octanol–water partition coefficient (Wildman–Crippen LogP) is 6.13. The molecule has 1 atom stereocenters. The number of carbonyl (C=O) groups excluding carboxylic acids is 3. The number of aromatic nitrogens is 2. The average molecular weight is 870 g/mol. The number of hydrogen-bond donors (Lipinski definition) is 8. The van der Waals surface area contributed by atoms with Crippen LogP contribution in [0.15, 0.2) is 90.9 Å². The summed E-state index contributed by atoms with van der Waals surface area (Å²) in [4.78, 5) is 51.0. The first kappa shape index (κ1) is 45.7. The quantitative estimate of drug-likeness (QED) is 0.0295. The van der Waals surface area contributed by atoms with Gasteiger partial charge in [0.05, 0.1) is 18.1 Å². The Morgan fingerprint density at radius 2 is 1.62 bits per heavy atom. The standard InChI is InChI=1S/C49H63N11O4/c1-32(50)54-44(29-53-49(2,3)4)46(63)52-28-37-6-5-36(27-38(37)31-61)42-17-22-51-48(57-42)56-40-11-13-41(14-12-40)60-25-18-33(19-26-60)30-59-23-20-35(21-24-59)34-7-9-39(10-8-34)55-43-15-16-45(62)58-47(43)64/h5-14,17,22,27,29,33,35,43,53,55,61H,15-16,18-21,23-26,28,30-31H2,1-4H3,(H2,50,54)(H,52,63)(H,51,56,57)(H,58,62,64)/b44-29-. The van der Waals surface area contributed by atoms with Gasteiger partial charge in [-0.25, -0.2) is 9.97 Å². The van der Waals surface area contributed by atoms with E-state index in [1.165, 1.54) is 24.1 Å². The smallest absolute Gasteiger partial charge is 0.269 e. The summed E-state index contributed by atoms with van der Waals surface area (Å²) >= 11 is 0. The maximum Gasteiger partial charge on any atom is 0.269 e. The number of aliphatic hydroxyl groups is 1. The van der Waals surface area contributed by atoms with Gasteiger partial charge in [-0.3, -0.25) is 25.1 Å². The number of anilines is 4. The molecule has 15 nitrogen and oxygen atoms in total. The summed E-state index contributed by atoms with van der Waals surface area (Å²) < 4.78 is 0. The number of amidine groups is 1. The number of amides is 3. The van der Waals surface area contributed by atoms with E-state index in [0.717, 1.165) is 68.1 Å². The minimum absolute atomic E-state index is 0.144. The van der Waals surface area contributed by atoms with Crippen LogP contribution < -0.4 is 36.8 Å². The topological polar surface area (TPSA) is 200 Å². The summed E-state index contributed by atoms with van der Waals surface area (Å²) in [6.45, 7) is 12.9. The number of hydrogen-bond acceptors (Lipinski definition) is 12. The molecule has 8 N–H and O–H groups in total. The van der Waals surface area contributed by atoms with Crippen LogP contribution in [0.2, 0.25) is 0 Å². The molecule has 3 saturated heterocycles. The van der Waals surface area contributed by atoms with E-state index in [9.17, 15) is 19.5 Å². The minimum Gasteiger partial charge on any atom is -0.392 e. The van der Waals surface area contributed by atoms with E-state index < -0.39 is 0 Å². The average Bonchev–Trinajstić information content (AvgIpc) is 3.28. The Morgan fingerprint density at radius 1 is 0.906 bits per heavy atom. The van der Waals surface area contributed by atoms with Gasteiger partial charge in [0.1, 0.15) is 11.7 Å². The third-order valence-electron chi connectivity index (χ3n) is 12.2. The van der Waals surface area contributed by atoms with Crippen molar-refractivity contribution in [1.29, 1.82) is 5.41 Å². The number of likely N-dealkylation sites (tertiary alicyclic amines) is 1. The highest BCUT2D eigenvalue weighted by Gasteiger charge is 2.28. The SMILES string of the molecule is CC(=N)N/C(=C\NC(C)(C)C)C(=O)NCc1ccc(-c2ccnc(Nc3ccc(N4CCC(CN5CCC(c6ccc(NC7CCC(=O)NC7=O)cc6)CC5)CC4)cc3)n2)cc1CO. The van der Waals surface area contributed by atoms with Gasteiger partial charge < -0.3 is 41.5 Å². The van der Waals surface area contributed by atoms with Crippen LogP contribution >= 0.6 is 0 Å². The van der Waals surface area contributed by atoms with Crippen molar-refractivity contribution in [3.05, 3.63) is 108 Å². The number of carbonyl (C=O) groups is 3. The van der Waals surface area contributed by atoms with Crippen molar-refractivity contribution in [3.63, 3.8) is 0 Å². The number of nitrogens with one attached hydrogen (secondary N) is 7. The van der Waals surface area contributed by atoms with E-state index in [1.54, 1.807) is 19.3 Å². The van der Waals surface area contributed by atoms with Gasteiger partial charge in [-0.15, -0.1) is 0 Å². The number of benzene rings is 3. The van der Waals surface area contributed by atoms with E-state index >= 15 is 0 Å². The molecule has 1 aromatic heterocycles. The summed E-state index contributed by atoms with van der Waals surface area (Å²) in [5.74, 6) is 1.03. The molecule has 0 aliphatic carbocycles. The third-order valence-corrected chi connectivity index (χ3v) is 12.2. The van der Waals surface area contributed by atoms with Crippen LogP contribution in [0, 0.1) is 11.3 Å². The fraction of sp³-hybridized carbons (Fsp3) is 0.429. The van der Waals surface area contributed by atoms with Gasteiger partial charge in [0.25, 0.3) is 5.91 Å². The molecule has 3 aliphatic heterocycles. The molecule has 0 bridgehead atoms. The molecule has 0 radical (unpaired) electrons.